The number of terminal acetylenes is 1. The topological polar surface area (TPSA) is 44.4 Å². The zero-order valence-electron chi connectivity index (χ0n) is 7.84. The quantitative estimate of drug-likeness (QED) is 0.526. The zero-order valence-corrected chi connectivity index (χ0v) is 7.84. The molecule has 1 aliphatic rings. The number of hydrogen-bond donors (Lipinski definition) is 2. The van der Waals surface area contributed by atoms with Gasteiger partial charge in [0.05, 0.1) is 13.1 Å². The van der Waals surface area contributed by atoms with Crippen molar-refractivity contribution >= 4 is 5.91 Å². The van der Waals surface area contributed by atoms with E-state index < -0.39 is 0 Å². The third kappa shape index (κ3) is 3.05. The Morgan fingerprint density at radius 2 is 2.46 bits per heavy atom. The Morgan fingerprint density at radius 1 is 1.77 bits per heavy atom. The van der Waals surface area contributed by atoms with Gasteiger partial charge in [-0.05, 0) is 7.05 Å². The van der Waals surface area contributed by atoms with E-state index in [1.54, 1.807) is 0 Å². The summed E-state index contributed by atoms with van der Waals surface area (Å²) in [5.74, 6) is 2.36. The molecule has 0 bridgehead atoms. The molecule has 1 fully saturated rings. The summed E-state index contributed by atoms with van der Waals surface area (Å²) in [7, 11) is 1.95. The first-order chi connectivity index (χ1) is 6.24. The summed E-state index contributed by atoms with van der Waals surface area (Å²) in [6.45, 7) is 2.68. The van der Waals surface area contributed by atoms with Gasteiger partial charge >= 0.3 is 0 Å². The number of carbonyl (C=O) groups excluding carboxylic acids is 1. The summed E-state index contributed by atoms with van der Waals surface area (Å²) in [5.41, 5.74) is 0. The summed E-state index contributed by atoms with van der Waals surface area (Å²) in [6, 6.07) is 0.497. The Morgan fingerprint density at radius 3 is 2.92 bits per heavy atom. The minimum Gasteiger partial charge on any atom is -0.344 e. The first kappa shape index (κ1) is 10.0. The fourth-order valence-corrected chi connectivity index (χ4v) is 1.15. The summed E-state index contributed by atoms with van der Waals surface area (Å²) in [4.78, 5) is 13.2. The SMILES string of the molecule is C#CCNC(=O)CN(C)C1CNC1. The van der Waals surface area contributed by atoms with E-state index in [9.17, 15) is 4.79 Å². The predicted octanol–water partition coefficient (Wildman–Crippen LogP) is -1.36. The van der Waals surface area contributed by atoms with Crippen LogP contribution >= 0.6 is 0 Å². The van der Waals surface area contributed by atoms with Gasteiger partial charge in [0, 0.05) is 19.1 Å². The number of carbonyl (C=O) groups is 1. The van der Waals surface area contributed by atoms with Crippen LogP contribution in [-0.2, 0) is 4.79 Å². The number of hydrogen-bond acceptors (Lipinski definition) is 3. The molecule has 0 aromatic heterocycles. The van der Waals surface area contributed by atoms with Crippen LogP contribution in [0.2, 0.25) is 0 Å². The summed E-state index contributed by atoms with van der Waals surface area (Å²) >= 11 is 0. The number of likely N-dealkylation sites (N-methyl/N-ethyl adjacent to an activating group) is 1. The maximum Gasteiger partial charge on any atom is 0.234 e. The molecule has 0 aromatic carbocycles. The first-order valence-corrected chi connectivity index (χ1v) is 4.35. The molecule has 0 spiro atoms. The smallest absolute Gasteiger partial charge is 0.234 e. The Balaban J connectivity index is 2.15. The van der Waals surface area contributed by atoms with Gasteiger partial charge in [-0.15, -0.1) is 6.42 Å². The number of rotatable bonds is 4. The molecule has 1 rings (SSSR count). The van der Waals surface area contributed by atoms with Crippen LogP contribution in [0.5, 0.6) is 0 Å². The molecular weight excluding hydrogens is 166 g/mol. The average molecular weight is 181 g/mol. The highest BCUT2D eigenvalue weighted by Gasteiger charge is 2.22. The van der Waals surface area contributed by atoms with Crippen LogP contribution < -0.4 is 10.6 Å². The van der Waals surface area contributed by atoms with E-state index in [1.165, 1.54) is 0 Å². The van der Waals surface area contributed by atoms with E-state index in [0.29, 0.717) is 19.1 Å². The van der Waals surface area contributed by atoms with Gasteiger partial charge in [0.1, 0.15) is 0 Å². The lowest BCUT2D eigenvalue weighted by Gasteiger charge is -2.35. The van der Waals surface area contributed by atoms with Crippen molar-refractivity contribution in [3.8, 4) is 12.3 Å². The lowest BCUT2D eigenvalue weighted by Crippen LogP contribution is -2.57. The molecule has 72 valence electrons. The van der Waals surface area contributed by atoms with E-state index in [0.717, 1.165) is 13.1 Å². The van der Waals surface area contributed by atoms with Gasteiger partial charge in [0.15, 0.2) is 0 Å². The van der Waals surface area contributed by atoms with Crippen molar-refractivity contribution in [3.05, 3.63) is 0 Å². The molecule has 4 heteroatoms. The second-order valence-electron chi connectivity index (χ2n) is 3.21. The number of nitrogens with one attached hydrogen (secondary N) is 2. The Bertz CT molecular complexity index is 217. The Kier molecular flexibility index (Phi) is 3.74. The highest BCUT2D eigenvalue weighted by molar-refractivity contribution is 5.78. The van der Waals surface area contributed by atoms with Crippen LogP contribution in [0.1, 0.15) is 0 Å². The summed E-state index contributed by atoms with van der Waals surface area (Å²) in [6.07, 6.45) is 5.02. The van der Waals surface area contributed by atoms with Crippen LogP contribution in [0.3, 0.4) is 0 Å². The fourth-order valence-electron chi connectivity index (χ4n) is 1.15. The van der Waals surface area contributed by atoms with E-state index in [-0.39, 0.29) is 5.91 Å². The second-order valence-corrected chi connectivity index (χ2v) is 3.21. The lowest BCUT2D eigenvalue weighted by molar-refractivity contribution is -0.122. The monoisotopic (exact) mass is 181 g/mol. The summed E-state index contributed by atoms with van der Waals surface area (Å²) < 4.78 is 0. The maximum absolute atomic E-state index is 11.2. The third-order valence-electron chi connectivity index (χ3n) is 2.16. The normalized spacial score (nSPS) is 16.4. The van der Waals surface area contributed by atoms with Crippen LogP contribution in [0, 0.1) is 12.3 Å². The average Bonchev–Trinajstić information content (AvgIpc) is 1.97. The van der Waals surface area contributed by atoms with Crippen molar-refractivity contribution in [2.75, 3.05) is 33.2 Å². The van der Waals surface area contributed by atoms with Crippen LogP contribution in [0.25, 0.3) is 0 Å². The highest BCUT2D eigenvalue weighted by atomic mass is 16.2. The fraction of sp³-hybridized carbons (Fsp3) is 0.667. The van der Waals surface area contributed by atoms with Crippen LogP contribution in [0.4, 0.5) is 0 Å². The molecule has 1 amide bonds. The molecule has 0 aromatic rings. The lowest BCUT2D eigenvalue weighted by atomic mass is 10.1. The molecule has 1 aliphatic heterocycles. The molecule has 1 saturated heterocycles. The zero-order chi connectivity index (χ0) is 9.68. The highest BCUT2D eigenvalue weighted by Crippen LogP contribution is 2.00. The van der Waals surface area contributed by atoms with E-state index in [2.05, 4.69) is 16.6 Å². The Hall–Kier alpha value is -1.05. The standard InChI is InChI=1S/C9H15N3O/c1-3-4-11-9(13)7-12(2)8-5-10-6-8/h1,8,10H,4-7H2,2H3,(H,11,13). The van der Waals surface area contributed by atoms with Gasteiger partial charge < -0.3 is 10.6 Å². The Labute approximate surface area is 78.7 Å². The van der Waals surface area contributed by atoms with Crippen molar-refractivity contribution in [2.45, 2.75) is 6.04 Å². The molecule has 4 nitrogen and oxygen atoms in total. The van der Waals surface area contributed by atoms with Crippen molar-refractivity contribution in [3.63, 3.8) is 0 Å². The molecule has 0 saturated carbocycles. The minimum atomic E-state index is -0.00708. The summed E-state index contributed by atoms with van der Waals surface area (Å²) in [5, 5.41) is 5.78. The van der Waals surface area contributed by atoms with Gasteiger partial charge in [-0.2, -0.15) is 0 Å². The molecule has 0 atom stereocenters. The van der Waals surface area contributed by atoms with Crippen molar-refractivity contribution in [2.24, 2.45) is 0 Å². The molecule has 0 aliphatic carbocycles. The molecule has 13 heavy (non-hydrogen) atoms. The van der Waals surface area contributed by atoms with E-state index in [4.69, 9.17) is 6.42 Å². The second kappa shape index (κ2) is 4.85. The van der Waals surface area contributed by atoms with Gasteiger partial charge in [0.25, 0.3) is 0 Å². The maximum atomic E-state index is 11.2. The van der Waals surface area contributed by atoms with Crippen molar-refractivity contribution in [1.82, 2.24) is 15.5 Å². The van der Waals surface area contributed by atoms with Crippen LogP contribution in [0.15, 0.2) is 0 Å². The molecule has 1 heterocycles. The van der Waals surface area contributed by atoms with E-state index >= 15 is 0 Å². The van der Waals surface area contributed by atoms with Crippen LogP contribution in [-0.4, -0.2) is 50.1 Å². The molecule has 2 N–H and O–H groups in total. The first-order valence-electron chi connectivity index (χ1n) is 4.35. The molecule has 0 unspecified atom stereocenters. The van der Waals surface area contributed by atoms with Crippen molar-refractivity contribution < 1.29 is 4.79 Å². The predicted molar refractivity (Wildman–Crippen MR) is 51.1 cm³/mol. The van der Waals surface area contributed by atoms with Gasteiger partial charge in [-0.3, -0.25) is 9.69 Å². The number of nitrogens with zero attached hydrogens (tertiary/aromatic N) is 1. The molecule has 0 radical (unpaired) electrons. The van der Waals surface area contributed by atoms with E-state index in [1.807, 2.05) is 11.9 Å². The van der Waals surface area contributed by atoms with Gasteiger partial charge in [0.2, 0.25) is 5.91 Å². The van der Waals surface area contributed by atoms with Gasteiger partial charge in [-0.25, -0.2) is 0 Å². The number of amides is 1. The van der Waals surface area contributed by atoms with Gasteiger partial charge in [-0.1, -0.05) is 5.92 Å². The molecular formula is C9H15N3O. The largest absolute Gasteiger partial charge is 0.344 e. The van der Waals surface area contributed by atoms with Crippen molar-refractivity contribution in [1.29, 1.82) is 0 Å². The third-order valence-corrected chi connectivity index (χ3v) is 2.16. The minimum absolute atomic E-state index is 0.00708.